The van der Waals surface area contributed by atoms with E-state index in [2.05, 4.69) is 74.5 Å². The maximum Gasteiger partial charge on any atom is 0.263 e. The Bertz CT molecular complexity index is 2870. The minimum Gasteiger partial charge on any atom is -0.385 e. The molecule has 1 saturated carbocycles. The number of aryl methyl sites for hydroxylation is 1. The number of imide groups is 1. The predicted molar refractivity (Wildman–Crippen MR) is 258 cm³/mol. The molecule has 354 valence electrons. The molecule has 4 fully saturated rings. The zero-order valence-corrected chi connectivity index (χ0v) is 39.4. The lowest BCUT2D eigenvalue weighted by Gasteiger charge is -2.49. The van der Waals surface area contributed by atoms with Gasteiger partial charge in [0.25, 0.3) is 11.5 Å². The molecule has 1 aliphatic carbocycles. The third-order valence-corrected chi connectivity index (χ3v) is 15.2. The monoisotopic (exact) mass is 920 g/mol. The third-order valence-electron chi connectivity index (χ3n) is 15.2. The van der Waals surface area contributed by atoms with Crippen molar-refractivity contribution in [1.82, 2.24) is 39.5 Å². The van der Waals surface area contributed by atoms with Gasteiger partial charge in [0.15, 0.2) is 5.78 Å². The van der Waals surface area contributed by atoms with E-state index in [-0.39, 0.29) is 53.3 Å². The van der Waals surface area contributed by atoms with E-state index in [0.717, 1.165) is 81.8 Å². The Morgan fingerprint density at radius 2 is 1.62 bits per heavy atom. The van der Waals surface area contributed by atoms with Gasteiger partial charge in [0.2, 0.25) is 17.8 Å². The van der Waals surface area contributed by atoms with Gasteiger partial charge in [-0.25, -0.2) is 9.97 Å². The Morgan fingerprint density at radius 1 is 0.882 bits per heavy atom. The predicted octanol–water partition coefficient (Wildman–Crippen LogP) is 5.90. The molecule has 4 aliphatic heterocycles. The lowest BCUT2D eigenvalue weighted by atomic mass is 9.75. The van der Waals surface area contributed by atoms with Gasteiger partial charge in [-0.3, -0.25) is 43.7 Å². The molecule has 0 spiro atoms. The van der Waals surface area contributed by atoms with Gasteiger partial charge >= 0.3 is 0 Å². The van der Waals surface area contributed by atoms with Crippen LogP contribution in [0.4, 0.5) is 17.5 Å². The van der Waals surface area contributed by atoms with Crippen molar-refractivity contribution >= 4 is 52.0 Å². The van der Waals surface area contributed by atoms with Crippen molar-refractivity contribution in [3.8, 4) is 0 Å². The number of ketones is 1. The van der Waals surface area contributed by atoms with Gasteiger partial charge in [-0.15, -0.1) is 0 Å². The van der Waals surface area contributed by atoms with E-state index < -0.39 is 17.6 Å². The smallest absolute Gasteiger partial charge is 0.263 e. The molecule has 0 radical (unpaired) electrons. The number of hydrogen-bond donors (Lipinski definition) is 3. The average Bonchev–Trinajstić information content (AvgIpc) is 3.96. The van der Waals surface area contributed by atoms with Gasteiger partial charge in [0, 0.05) is 87.5 Å². The van der Waals surface area contributed by atoms with Crippen LogP contribution in [0.15, 0.2) is 71.8 Å². The summed E-state index contributed by atoms with van der Waals surface area (Å²) in [6.45, 7) is 13.8. The van der Waals surface area contributed by atoms with E-state index >= 15 is 0 Å². The standard InChI is InChI=1S/C52H60N10O6/c1-32-41-27-54-50(57-46(41)62(38-7-5-6-8-38)49(67)45(32)33(2)63)55-43-17-14-39(26-53-43)59-23-21-58(22-24-59)28-34-9-11-35(12-10-34)29-60-20-19-52(68,31-51(60,3)4)37-13-15-40-36(25-37)30-61(48(40)66)42-16-18-44(64)56-47(42)65/h9-15,17,25-27,38,42,68H,5-8,16,18-24,28-31H2,1-4H3,(H,56,64,65)(H,53,54,55,57)/t42?,52-/m0/s1. The number of nitrogens with one attached hydrogen (secondary N) is 2. The highest BCUT2D eigenvalue weighted by atomic mass is 16.3. The van der Waals surface area contributed by atoms with Crippen molar-refractivity contribution in [2.24, 2.45) is 0 Å². The number of nitrogens with zero attached hydrogens (tertiary/aromatic N) is 8. The Hall–Kier alpha value is -6.36. The largest absolute Gasteiger partial charge is 0.385 e. The summed E-state index contributed by atoms with van der Waals surface area (Å²) in [5.74, 6) is -0.246. The number of aromatic nitrogens is 4. The first-order valence-electron chi connectivity index (χ1n) is 24.1. The van der Waals surface area contributed by atoms with Crippen molar-refractivity contribution in [1.29, 1.82) is 0 Å². The number of carbonyl (C=O) groups excluding carboxylic acids is 4. The number of hydrogen-bond acceptors (Lipinski definition) is 13. The second kappa shape index (κ2) is 17.9. The first-order valence-corrected chi connectivity index (χ1v) is 24.1. The molecule has 2 aromatic carbocycles. The van der Waals surface area contributed by atoms with Crippen molar-refractivity contribution in [3.05, 3.63) is 116 Å². The summed E-state index contributed by atoms with van der Waals surface area (Å²) in [7, 11) is 0. The van der Waals surface area contributed by atoms with E-state index in [1.165, 1.54) is 18.1 Å². The van der Waals surface area contributed by atoms with Crippen molar-refractivity contribution in [3.63, 3.8) is 0 Å². The Labute approximate surface area is 395 Å². The van der Waals surface area contributed by atoms with Gasteiger partial charge in [-0.05, 0) is 106 Å². The van der Waals surface area contributed by atoms with Crippen LogP contribution in [0, 0.1) is 6.92 Å². The minimum atomic E-state index is -1.06. The molecular formula is C52H60N10O6. The van der Waals surface area contributed by atoms with Gasteiger partial charge < -0.3 is 20.2 Å². The lowest BCUT2D eigenvalue weighted by Crippen LogP contribution is -2.54. The van der Waals surface area contributed by atoms with Gasteiger partial charge in [0.05, 0.1) is 23.0 Å². The van der Waals surface area contributed by atoms with E-state index in [9.17, 15) is 29.1 Å². The summed E-state index contributed by atoms with van der Waals surface area (Å²) in [6.07, 6.45) is 9.02. The van der Waals surface area contributed by atoms with E-state index in [4.69, 9.17) is 9.97 Å². The summed E-state index contributed by atoms with van der Waals surface area (Å²) in [5, 5.41) is 18.4. The van der Waals surface area contributed by atoms with E-state index in [0.29, 0.717) is 59.7 Å². The van der Waals surface area contributed by atoms with Crippen molar-refractivity contribution in [2.75, 3.05) is 42.9 Å². The van der Waals surface area contributed by atoms with Crippen molar-refractivity contribution < 1.29 is 24.3 Å². The number of piperazine rings is 1. The maximum atomic E-state index is 13.6. The molecule has 10 rings (SSSR count). The number of carbonyl (C=O) groups is 4. The number of likely N-dealkylation sites (tertiary alicyclic amines) is 1. The molecule has 68 heavy (non-hydrogen) atoms. The molecule has 3 saturated heterocycles. The molecule has 0 bridgehead atoms. The number of aliphatic hydroxyl groups is 1. The number of fused-ring (bicyclic) bond motifs is 2. The van der Waals surface area contributed by atoms with Crippen LogP contribution in [0.1, 0.15) is 127 Å². The summed E-state index contributed by atoms with van der Waals surface area (Å²) in [5.41, 5.74) is 5.41. The average molecular weight is 921 g/mol. The maximum absolute atomic E-state index is 13.6. The van der Waals surface area contributed by atoms with Crippen LogP contribution in [-0.2, 0) is 34.8 Å². The second-order valence-electron chi connectivity index (χ2n) is 20.2. The Morgan fingerprint density at radius 3 is 2.29 bits per heavy atom. The van der Waals surface area contributed by atoms with Gasteiger partial charge in [-0.2, -0.15) is 4.98 Å². The second-order valence-corrected chi connectivity index (χ2v) is 20.2. The number of Topliss-reactive ketones (excluding diaryl/α,β-unsaturated/α-hetero) is 1. The molecular weight excluding hydrogens is 861 g/mol. The number of amides is 3. The molecule has 1 unspecified atom stereocenters. The van der Waals surface area contributed by atoms with Crippen LogP contribution in [0.25, 0.3) is 11.0 Å². The number of anilines is 3. The number of benzene rings is 2. The fourth-order valence-corrected chi connectivity index (χ4v) is 11.4. The van der Waals surface area contributed by atoms with Crippen LogP contribution in [0.2, 0.25) is 0 Å². The SMILES string of the molecule is CC(=O)c1c(C)c2cnc(Nc3ccc(N4CCN(Cc5ccc(CN6CC[C@@](O)(c7ccc8c(c7)CN(C7CCC(=O)NC7=O)C8=O)CC6(C)C)cc5)CC4)cn3)nc2n(C2CCCC2)c1=O. The van der Waals surface area contributed by atoms with E-state index in [1.54, 1.807) is 28.7 Å². The van der Waals surface area contributed by atoms with Gasteiger partial charge in [0.1, 0.15) is 17.5 Å². The molecule has 7 heterocycles. The summed E-state index contributed by atoms with van der Waals surface area (Å²) < 4.78 is 1.72. The molecule has 2 atom stereocenters. The first kappa shape index (κ1) is 45.4. The molecule has 5 aromatic rings. The Balaban J connectivity index is 0.713. The van der Waals surface area contributed by atoms with Crippen LogP contribution in [-0.4, -0.2) is 107 Å². The van der Waals surface area contributed by atoms with Crippen molar-refractivity contribution in [2.45, 2.75) is 122 Å². The van der Waals surface area contributed by atoms with Crippen LogP contribution in [0.3, 0.4) is 0 Å². The van der Waals surface area contributed by atoms with Gasteiger partial charge in [-0.1, -0.05) is 49.2 Å². The van der Waals surface area contributed by atoms with E-state index in [1.807, 2.05) is 24.4 Å². The molecule has 16 heteroatoms. The highest BCUT2D eigenvalue weighted by Gasteiger charge is 2.45. The highest BCUT2D eigenvalue weighted by Crippen LogP contribution is 2.43. The number of rotatable bonds is 11. The number of pyridine rings is 2. The van der Waals surface area contributed by atoms with Crippen LogP contribution in [0.5, 0.6) is 0 Å². The topological polar surface area (TPSA) is 186 Å². The zero-order valence-electron chi connectivity index (χ0n) is 39.4. The minimum absolute atomic E-state index is 0.00732. The lowest BCUT2D eigenvalue weighted by molar-refractivity contribution is -0.136. The quantitative estimate of drug-likeness (QED) is 0.105. The molecule has 16 nitrogen and oxygen atoms in total. The molecule has 3 N–H and O–H groups in total. The zero-order chi connectivity index (χ0) is 47.5. The fourth-order valence-electron chi connectivity index (χ4n) is 11.4. The van der Waals surface area contributed by atoms with Crippen LogP contribution >= 0.6 is 0 Å². The molecule has 5 aliphatic rings. The van der Waals surface area contributed by atoms with Crippen LogP contribution < -0.4 is 21.1 Å². The normalized spacial score (nSPS) is 22.5. The molecule has 3 amide bonds. The summed E-state index contributed by atoms with van der Waals surface area (Å²) in [4.78, 5) is 86.6. The Kier molecular flexibility index (Phi) is 12.0. The third kappa shape index (κ3) is 8.69. The number of piperidine rings is 2. The first-order chi connectivity index (χ1) is 32.6. The summed E-state index contributed by atoms with van der Waals surface area (Å²) >= 11 is 0. The summed E-state index contributed by atoms with van der Waals surface area (Å²) in [6, 6.07) is 17.8. The fraction of sp³-hybridized carbons (Fsp3) is 0.462. The highest BCUT2D eigenvalue weighted by molar-refractivity contribution is 6.05. The molecule has 3 aromatic heterocycles.